The lowest BCUT2D eigenvalue weighted by molar-refractivity contribution is -0.116. The minimum atomic E-state index is 0.167. The number of hydrogen-bond acceptors (Lipinski definition) is 3. The smallest absolute Gasteiger partial charge is 0.142 e. The van der Waals surface area contributed by atoms with Gasteiger partial charge in [-0.25, -0.2) is 0 Å². The summed E-state index contributed by atoms with van der Waals surface area (Å²) in [5, 5.41) is 0.167. The van der Waals surface area contributed by atoms with Crippen molar-refractivity contribution < 1.29 is 4.79 Å². The highest BCUT2D eigenvalue weighted by molar-refractivity contribution is 8.00. The zero-order chi connectivity index (χ0) is 7.98. The Morgan fingerprint density at radius 1 is 1.70 bits per heavy atom. The van der Waals surface area contributed by atoms with Gasteiger partial charge < -0.3 is 0 Å². The van der Waals surface area contributed by atoms with Crippen LogP contribution in [0.2, 0.25) is 0 Å². The fourth-order valence-corrected chi connectivity index (χ4v) is 1.71. The molecular weight excluding hydrogens is 164 g/mol. The van der Waals surface area contributed by atoms with Gasteiger partial charge in [-0.15, -0.1) is 0 Å². The van der Waals surface area contributed by atoms with Crippen LogP contribution in [0.1, 0.15) is 20.3 Å². The molecule has 0 saturated carbocycles. The first kappa shape index (κ1) is 10.4. The molecule has 0 aliphatic heterocycles. The van der Waals surface area contributed by atoms with Crippen molar-refractivity contribution >= 4 is 30.2 Å². The van der Waals surface area contributed by atoms with E-state index in [9.17, 15) is 4.79 Å². The van der Waals surface area contributed by atoms with Gasteiger partial charge in [-0.05, 0) is 31.8 Å². The summed E-state index contributed by atoms with van der Waals surface area (Å²) in [7, 11) is 0. The van der Waals surface area contributed by atoms with Crippen molar-refractivity contribution in [3.63, 3.8) is 0 Å². The highest BCUT2D eigenvalue weighted by Gasteiger charge is 2.05. The summed E-state index contributed by atoms with van der Waals surface area (Å²) in [4.78, 5) is 10.7. The van der Waals surface area contributed by atoms with Crippen molar-refractivity contribution in [2.24, 2.45) is 0 Å². The van der Waals surface area contributed by atoms with Gasteiger partial charge in [-0.2, -0.15) is 24.4 Å². The molecule has 0 bridgehead atoms. The first-order chi connectivity index (χ1) is 4.68. The highest BCUT2D eigenvalue weighted by atomic mass is 32.2. The number of Topliss-reactive ketones (excluding diaryl/α,β-unsaturated/α-hetero) is 1. The zero-order valence-corrected chi connectivity index (χ0v) is 8.17. The summed E-state index contributed by atoms with van der Waals surface area (Å²) in [5.74, 6) is 2.23. The standard InChI is InChI=1S/C7H14OS2/c1-6(8)7(2)10-5-3-4-9/h7,9H,3-5H2,1-2H3. The molecule has 10 heavy (non-hydrogen) atoms. The van der Waals surface area contributed by atoms with Crippen molar-refractivity contribution in [1.82, 2.24) is 0 Å². The quantitative estimate of drug-likeness (QED) is 0.512. The molecule has 0 N–H and O–H groups in total. The van der Waals surface area contributed by atoms with Gasteiger partial charge in [-0.1, -0.05) is 0 Å². The molecule has 0 spiro atoms. The van der Waals surface area contributed by atoms with Gasteiger partial charge in [-0.3, -0.25) is 4.79 Å². The van der Waals surface area contributed by atoms with E-state index in [2.05, 4.69) is 12.6 Å². The van der Waals surface area contributed by atoms with Gasteiger partial charge in [0, 0.05) is 0 Å². The first-order valence-corrected chi connectivity index (χ1v) is 5.09. The monoisotopic (exact) mass is 178 g/mol. The first-order valence-electron chi connectivity index (χ1n) is 3.41. The second-order valence-corrected chi connectivity index (χ2v) is 4.10. The predicted octanol–water partition coefficient (Wildman–Crippen LogP) is 2.02. The minimum absolute atomic E-state index is 0.167. The average Bonchev–Trinajstić information content (AvgIpc) is 1.88. The molecule has 0 aliphatic rings. The Hall–Kier alpha value is 0.370. The molecule has 0 heterocycles. The molecule has 1 atom stereocenters. The molecule has 0 rings (SSSR count). The maximum Gasteiger partial charge on any atom is 0.142 e. The molecule has 0 amide bonds. The molecule has 0 aromatic heterocycles. The molecule has 0 radical (unpaired) electrons. The number of rotatable bonds is 5. The zero-order valence-electron chi connectivity index (χ0n) is 6.46. The van der Waals surface area contributed by atoms with E-state index in [0.717, 1.165) is 17.9 Å². The number of ketones is 1. The SMILES string of the molecule is CC(=O)C(C)SCCCS. The van der Waals surface area contributed by atoms with Crippen LogP contribution in [0, 0.1) is 0 Å². The summed E-state index contributed by atoms with van der Waals surface area (Å²) < 4.78 is 0. The largest absolute Gasteiger partial charge is 0.299 e. The highest BCUT2D eigenvalue weighted by Crippen LogP contribution is 2.12. The van der Waals surface area contributed by atoms with Crippen LogP contribution < -0.4 is 0 Å². The normalized spacial score (nSPS) is 13.1. The number of carbonyl (C=O) groups excluding carboxylic acids is 1. The summed E-state index contributed by atoms with van der Waals surface area (Å²) >= 11 is 5.79. The average molecular weight is 178 g/mol. The molecule has 1 nitrogen and oxygen atoms in total. The van der Waals surface area contributed by atoms with Gasteiger partial charge in [0.1, 0.15) is 5.78 Å². The van der Waals surface area contributed by atoms with Crippen molar-refractivity contribution in [2.45, 2.75) is 25.5 Å². The topological polar surface area (TPSA) is 17.1 Å². The Morgan fingerprint density at radius 2 is 2.30 bits per heavy atom. The van der Waals surface area contributed by atoms with Crippen molar-refractivity contribution in [1.29, 1.82) is 0 Å². The number of thiol groups is 1. The summed E-state index contributed by atoms with van der Waals surface area (Å²) in [5.41, 5.74) is 0. The van der Waals surface area contributed by atoms with E-state index >= 15 is 0 Å². The van der Waals surface area contributed by atoms with E-state index in [-0.39, 0.29) is 11.0 Å². The predicted molar refractivity (Wildman–Crippen MR) is 51.1 cm³/mol. The molecule has 60 valence electrons. The molecule has 0 aromatic rings. The van der Waals surface area contributed by atoms with E-state index in [1.54, 1.807) is 18.7 Å². The minimum Gasteiger partial charge on any atom is -0.299 e. The number of carbonyl (C=O) groups is 1. The summed E-state index contributed by atoms with van der Waals surface area (Å²) in [6, 6.07) is 0. The van der Waals surface area contributed by atoms with Crippen LogP contribution in [-0.2, 0) is 4.79 Å². The third-order valence-corrected chi connectivity index (χ3v) is 2.92. The molecule has 0 fully saturated rings. The maximum atomic E-state index is 10.7. The molecule has 0 aromatic carbocycles. The lowest BCUT2D eigenvalue weighted by Gasteiger charge is -2.04. The second kappa shape index (κ2) is 6.10. The van der Waals surface area contributed by atoms with Crippen LogP contribution >= 0.6 is 24.4 Å². The van der Waals surface area contributed by atoms with Gasteiger partial charge in [0.2, 0.25) is 0 Å². The van der Waals surface area contributed by atoms with Crippen molar-refractivity contribution in [2.75, 3.05) is 11.5 Å². The molecule has 3 heteroatoms. The Labute approximate surface area is 72.4 Å². The van der Waals surface area contributed by atoms with Crippen LogP contribution in [0.25, 0.3) is 0 Å². The van der Waals surface area contributed by atoms with Gasteiger partial charge in [0.05, 0.1) is 5.25 Å². The van der Waals surface area contributed by atoms with Crippen molar-refractivity contribution in [3.8, 4) is 0 Å². The van der Waals surface area contributed by atoms with Crippen LogP contribution in [-0.4, -0.2) is 22.5 Å². The number of hydrogen-bond donors (Lipinski definition) is 1. The van der Waals surface area contributed by atoms with E-state index < -0.39 is 0 Å². The Kier molecular flexibility index (Phi) is 6.33. The van der Waals surface area contributed by atoms with E-state index in [1.165, 1.54) is 0 Å². The fourth-order valence-electron chi connectivity index (χ4n) is 0.442. The maximum absolute atomic E-state index is 10.7. The summed E-state index contributed by atoms with van der Waals surface area (Å²) in [6.45, 7) is 3.59. The third kappa shape index (κ3) is 5.18. The fraction of sp³-hybridized carbons (Fsp3) is 0.857. The van der Waals surface area contributed by atoms with Crippen molar-refractivity contribution in [3.05, 3.63) is 0 Å². The molecular formula is C7H14OS2. The van der Waals surface area contributed by atoms with Crippen LogP contribution in [0.4, 0.5) is 0 Å². The van der Waals surface area contributed by atoms with Crippen LogP contribution in [0.15, 0.2) is 0 Å². The van der Waals surface area contributed by atoms with E-state index in [1.807, 2.05) is 6.92 Å². The number of thioether (sulfide) groups is 1. The lowest BCUT2D eigenvalue weighted by Crippen LogP contribution is -2.08. The van der Waals surface area contributed by atoms with E-state index in [0.29, 0.717) is 0 Å². The Morgan fingerprint density at radius 3 is 2.70 bits per heavy atom. The van der Waals surface area contributed by atoms with Gasteiger partial charge in [0.25, 0.3) is 0 Å². The van der Waals surface area contributed by atoms with Gasteiger partial charge in [0.15, 0.2) is 0 Å². The van der Waals surface area contributed by atoms with Crippen LogP contribution in [0.3, 0.4) is 0 Å². The third-order valence-electron chi connectivity index (χ3n) is 1.24. The van der Waals surface area contributed by atoms with E-state index in [4.69, 9.17) is 0 Å². The molecule has 0 saturated heterocycles. The Balaban J connectivity index is 3.21. The molecule has 1 unspecified atom stereocenters. The Bertz CT molecular complexity index is 104. The van der Waals surface area contributed by atoms with Gasteiger partial charge >= 0.3 is 0 Å². The lowest BCUT2D eigenvalue weighted by atomic mass is 10.3. The second-order valence-electron chi connectivity index (χ2n) is 2.20. The molecule has 0 aliphatic carbocycles. The van der Waals surface area contributed by atoms with Crippen LogP contribution in [0.5, 0.6) is 0 Å². The summed E-state index contributed by atoms with van der Waals surface area (Å²) in [6.07, 6.45) is 1.09.